The van der Waals surface area contributed by atoms with E-state index in [4.69, 9.17) is 0 Å². The van der Waals surface area contributed by atoms with Gasteiger partial charge in [-0.3, -0.25) is 0 Å². The van der Waals surface area contributed by atoms with E-state index in [1.807, 2.05) is 6.92 Å². The predicted molar refractivity (Wildman–Crippen MR) is 73.0 cm³/mol. The van der Waals surface area contributed by atoms with Crippen molar-refractivity contribution in [2.75, 3.05) is 6.54 Å². The molecule has 0 radical (unpaired) electrons. The van der Waals surface area contributed by atoms with Gasteiger partial charge < -0.3 is 10.4 Å². The van der Waals surface area contributed by atoms with Gasteiger partial charge in [-0.15, -0.1) is 0 Å². The number of unbranched alkanes of at least 4 members (excludes halogenated alkanes) is 3. The maximum absolute atomic E-state index is 12.8. The van der Waals surface area contributed by atoms with Gasteiger partial charge >= 0.3 is 0 Å². The Hall–Kier alpha value is -0.930. The van der Waals surface area contributed by atoms with Crippen LogP contribution in [0, 0.1) is 5.82 Å². The van der Waals surface area contributed by atoms with Gasteiger partial charge in [-0.25, -0.2) is 4.39 Å². The van der Waals surface area contributed by atoms with Crippen LogP contribution in [-0.2, 0) is 0 Å². The Labute approximate surface area is 109 Å². The lowest BCUT2D eigenvalue weighted by atomic mass is 10.0. The lowest BCUT2D eigenvalue weighted by Crippen LogP contribution is -2.32. The molecule has 0 aliphatic rings. The van der Waals surface area contributed by atoms with E-state index in [1.54, 1.807) is 12.1 Å². The Bertz CT molecular complexity index is 326. The highest BCUT2D eigenvalue weighted by atomic mass is 19.1. The molecule has 102 valence electrons. The lowest BCUT2D eigenvalue weighted by Gasteiger charge is -2.20. The minimum atomic E-state index is -0.586. The Morgan fingerprint density at radius 2 is 1.83 bits per heavy atom. The van der Waals surface area contributed by atoms with Crippen LogP contribution in [0.1, 0.15) is 51.2 Å². The molecule has 0 aliphatic heterocycles. The highest BCUT2D eigenvalue weighted by Crippen LogP contribution is 2.17. The summed E-state index contributed by atoms with van der Waals surface area (Å²) in [4.78, 5) is 0. The molecule has 2 atom stereocenters. The molecule has 2 unspecified atom stereocenters. The maximum Gasteiger partial charge on any atom is 0.123 e. The molecule has 2 nitrogen and oxygen atoms in total. The van der Waals surface area contributed by atoms with Crippen LogP contribution in [0.5, 0.6) is 0 Å². The molecule has 0 amide bonds. The Morgan fingerprint density at radius 3 is 2.44 bits per heavy atom. The van der Waals surface area contributed by atoms with Crippen molar-refractivity contribution in [2.24, 2.45) is 0 Å². The standard InChI is InChI=1S/C15H24FNO/c1-3-4-5-6-11-17-12(2)15(18)13-7-9-14(16)10-8-13/h7-10,12,15,17-18H,3-6,11H2,1-2H3. The summed E-state index contributed by atoms with van der Waals surface area (Å²) in [5.74, 6) is -0.272. The summed E-state index contributed by atoms with van der Waals surface area (Å²) in [6, 6.07) is 6.01. The van der Waals surface area contributed by atoms with Gasteiger partial charge in [0, 0.05) is 6.04 Å². The Kier molecular flexibility index (Phi) is 6.91. The van der Waals surface area contributed by atoms with E-state index in [1.165, 1.54) is 31.4 Å². The number of hydrogen-bond donors (Lipinski definition) is 2. The molecular formula is C15H24FNO. The maximum atomic E-state index is 12.8. The van der Waals surface area contributed by atoms with Gasteiger partial charge in [0.15, 0.2) is 0 Å². The molecule has 1 aromatic carbocycles. The number of nitrogens with one attached hydrogen (secondary N) is 1. The van der Waals surface area contributed by atoms with Gasteiger partial charge in [0.2, 0.25) is 0 Å². The number of hydrogen-bond acceptors (Lipinski definition) is 2. The third-order valence-electron chi connectivity index (χ3n) is 3.18. The van der Waals surface area contributed by atoms with Crippen LogP contribution in [0.15, 0.2) is 24.3 Å². The van der Waals surface area contributed by atoms with Crippen LogP contribution in [0.3, 0.4) is 0 Å². The zero-order valence-electron chi connectivity index (χ0n) is 11.3. The second-order valence-corrected chi connectivity index (χ2v) is 4.80. The summed E-state index contributed by atoms with van der Waals surface area (Å²) in [7, 11) is 0. The molecule has 0 aromatic heterocycles. The molecule has 18 heavy (non-hydrogen) atoms. The van der Waals surface area contributed by atoms with Gasteiger partial charge in [0.05, 0.1) is 6.10 Å². The summed E-state index contributed by atoms with van der Waals surface area (Å²) >= 11 is 0. The SMILES string of the molecule is CCCCCCNC(C)C(O)c1ccc(F)cc1. The van der Waals surface area contributed by atoms with Crippen molar-refractivity contribution in [1.29, 1.82) is 0 Å². The number of halogens is 1. The minimum absolute atomic E-state index is 0.0166. The van der Waals surface area contributed by atoms with Crippen molar-refractivity contribution in [1.82, 2.24) is 5.32 Å². The summed E-state index contributed by atoms with van der Waals surface area (Å²) in [6.07, 6.45) is 4.26. The van der Waals surface area contributed by atoms with E-state index in [0.717, 1.165) is 18.5 Å². The van der Waals surface area contributed by atoms with E-state index < -0.39 is 6.10 Å². The summed E-state index contributed by atoms with van der Waals surface area (Å²) in [5.41, 5.74) is 0.755. The molecule has 0 saturated heterocycles. The van der Waals surface area contributed by atoms with E-state index >= 15 is 0 Å². The van der Waals surface area contributed by atoms with Crippen molar-refractivity contribution in [3.8, 4) is 0 Å². The van der Waals surface area contributed by atoms with Crippen LogP contribution in [-0.4, -0.2) is 17.7 Å². The second kappa shape index (κ2) is 8.22. The first kappa shape index (κ1) is 15.1. The fourth-order valence-corrected chi connectivity index (χ4v) is 1.94. The number of benzene rings is 1. The van der Waals surface area contributed by atoms with Crippen molar-refractivity contribution in [3.05, 3.63) is 35.6 Å². The van der Waals surface area contributed by atoms with Crippen LogP contribution in [0.25, 0.3) is 0 Å². The van der Waals surface area contributed by atoms with Gasteiger partial charge in [0.1, 0.15) is 5.82 Å². The molecule has 1 rings (SSSR count). The fourth-order valence-electron chi connectivity index (χ4n) is 1.94. The van der Waals surface area contributed by atoms with Crippen LogP contribution >= 0.6 is 0 Å². The normalized spacial score (nSPS) is 14.4. The quantitative estimate of drug-likeness (QED) is 0.696. The zero-order valence-corrected chi connectivity index (χ0v) is 11.3. The monoisotopic (exact) mass is 253 g/mol. The topological polar surface area (TPSA) is 32.3 Å². The molecule has 0 aliphatic carbocycles. The summed E-state index contributed by atoms with van der Waals surface area (Å²) < 4.78 is 12.8. The third kappa shape index (κ3) is 5.15. The molecule has 0 bridgehead atoms. The third-order valence-corrected chi connectivity index (χ3v) is 3.18. The molecule has 2 N–H and O–H groups in total. The average Bonchev–Trinajstić information content (AvgIpc) is 2.38. The van der Waals surface area contributed by atoms with Crippen LogP contribution in [0.4, 0.5) is 4.39 Å². The summed E-state index contributed by atoms with van der Waals surface area (Å²) in [5, 5.41) is 13.4. The first-order valence-electron chi connectivity index (χ1n) is 6.82. The second-order valence-electron chi connectivity index (χ2n) is 4.80. The van der Waals surface area contributed by atoms with E-state index in [9.17, 15) is 9.50 Å². The highest BCUT2D eigenvalue weighted by Gasteiger charge is 2.15. The number of rotatable bonds is 8. The molecule has 0 heterocycles. The van der Waals surface area contributed by atoms with Crippen molar-refractivity contribution >= 4 is 0 Å². The lowest BCUT2D eigenvalue weighted by molar-refractivity contribution is 0.136. The largest absolute Gasteiger partial charge is 0.387 e. The highest BCUT2D eigenvalue weighted by molar-refractivity contribution is 5.19. The van der Waals surface area contributed by atoms with E-state index in [0.29, 0.717) is 0 Å². The molecule has 0 saturated carbocycles. The molecule has 3 heteroatoms. The Morgan fingerprint density at radius 1 is 1.17 bits per heavy atom. The van der Waals surface area contributed by atoms with Gasteiger partial charge in [-0.2, -0.15) is 0 Å². The molecule has 1 aromatic rings. The molecule has 0 spiro atoms. The van der Waals surface area contributed by atoms with E-state index in [2.05, 4.69) is 12.2 Å². The number of aliphatic hydroxyl groups is 1. The van der Waals surface area contributed by atoms with Crippen molar-refractivity contribution < 1.29 is 9.50 Å². The van der Waals surface area contributed by atoms with Crippen LogP contribution < -0.4 is 5.32 Å². The Balaban J connectivity index is 2.32. The molecule has 0 fully saturated rings. The van der Waals surface area contributed by atoms with Gasteiger partial charge in [-0.1, -0.05) is 38.3 Å². The minimum Gasteiger partial charge on any atom is -0.387 e. The van der Waals surface area contributed by atoms with Crippen molar-refractivity contribution in [2.45, 2.75) is 51.7 Å². The molecular weight excluding hydrogens is 229 g/mol. The average molecular weight is 253 g/mol. The summed E-state index contributed by atoms with van der Waals surface area (Å²) in [6.45, 7) is 5.06. The van der Waals surface area contributed by atoms with Crippen molar-refractivity contribution in [3.63, 3.8) is 0 Å². The first-order chi connectivity index (χ1) is 8.65. The zero-order chi connectivity index (χ0) is 13.4. The smallest absolute Gasteiger partial charge is 0.123 e. The number of aliphatic hydroxyl groups excluding tert-OH is 1. The predicted octanol–water partition coefficient (Wildman–Crippen LogP) is 3.42. The van der Waals surface area contributed by atoms with Gasteiger partial charge in [-0.05, 0) is 37.6 Å². The van der Waals surface area contributed by atoms with Gasteiger partial charge in [0.25, 0.3) is 0 Å². The fraction of sp³-hybridized carbons (Fsp3) is 0.600. The van der Waals surface area contributed by atoms with E-state index in [-0.39, 0.29) is 11.9 Å². The van der Waals surface area contributed by atoms with Crippen LogP contribution in [0.2, 0.25) is 0 Å². The first-order valence-corrected chi connectivity index (χ1v) is 6.82.